The Kier molecular flexibility index (Phi) is 12.8. The van der Waals surface area contributed by atoms with Gasteiger partial charge in [-0.3, -0.25) is 21.0 Å². The molecule has 0 amide bonds. The Bertz CT molecular complexity index is 1580. The minimum Gasteiger partial charge on any atom is -0.364 e. The lowest BCUT2D eigenvalue weighted by molar-refractivity contribution is -0.384. The number of rotatable bonds is 13. The summed E-state index contributed by atoms with van der Waals surface area (Å²) >= 11 is 10.6. The number of nitrogens with one attached hydrogen (secondary N) is 4. The Morgan fingerprint density at radius 3 is 1.76 bits per heavy atom. The van der Waals surface area contributed by atoms with Crippen LogP contribution in [0.3, 0.4) is 0 Å². The fourth-order valence-electron chi connectivity index (χ4n) is 4.64. The van der Waals surface area contributed by atoms with Gasteiger partial charge >= 0.3 is 0 Å². The third kappa shape index (κ3) is 8.98. The van der Waals surface area contributed by atoms with Gasteiger partial charge in [0.25, 0.3) is 5.69 Å². The van der Waals surface area contributed by atoms with E-state index in [1.54, 1.807) is 26.1 Å². The molecule has 46 heavy (non-hydrogen) atoms. The van der Waals surface area contributed by atoms with Crippen LogP contribution in [0.1, 0.15) is 12.5 Å². The van der Waals surface area contributed by atoms with Gasteiger partial charge in [-0.25, -0.2) is 0 Å². The van der Waals surface area contributed by atoms with Gasteiger partial charge in [0.1, 0.15) is 28.9 Å². The van der Waals surface area contributed by atoms with E-state index in [-0.39, 0.29) is 5.69 Å². The van der Waals surface area contributed by atoms with E-state index in [9.17, 15) is 10.1 Å². The Morgan fingerprint density at radius 1 is 0.783 bits per heavy atom. The molecule has 0 saturated heterocycles. The monoisotopic (exact) mass is 672 g/mol. The van der Waals surface area contributed by atoms with Crippen LogP contribution in [0.5, 0.6) is 0 Å². The highest BCUT2D eigenvalue weighted by atomic mass is 32.1. The summed E-state index contributed by atoms with van der Waals surface area (Å²) in [6.07, 6.45) is 0.528. The van der Waals surface area contributed by atoms with E-state index in [1.807, 2.05) is 18.2 Å². The van der Waals surface area contributed by atoms with Crippen molar-refractivity contribution in [2.75, 3.05) is 26.5 Å². The maximum Gasteiger partial charge on any atom is 0.269 e. The number of benzene rings is 4. The van der Waals surface area contributed by atoms with Gasteiger partial charge in [-0.05, 0) is 79.9 Å². The summed E-state index contributed by atoms with van der Waals surface area (Å²) in [5, 5.41) is 30.1. The molecule has 0 unspecified atom stereocenters. The molecule has 4 aromatic rings. The molecule has 0 aliphatic carbocycles. The summed E-state index contributed by atoms with van der Waals surface area (Å²) in [7, 11) is -0.433. The smallest absolute Gasteiger partial charge is 0.269 e. The van der Waals surface area contributed by atoms with E-state index in [4.69, 9.17) is 29.2 Å². The van der Waals surface area contributed by atoms with Crippen LogP contribution in [0.25, 0.3) is 0 Å². The highest BCUT2D eigenvalue weighted by Crippen LogP contribution is 2.55. The largest absolute Gasteiger partial charge is 0.364 e. The van der Waals surface area contributed by atoms with Gasteiger partial charge in [-0.1, -0.05) is 54.6 Å². The molecule has 4 N–H and O–H groups in total. The quantitative estimate of drug-likeness (QED) is 0.0413. The van der Waals surface area contributed by atoms with Crippen LogP contribution in [0.4, 0.5) is 5.69 Å². The van der Waals surface area contributed by atoms with E-state index >= 15 is 0 Å². The predicted molar refractivity (Wildman–Crippen MR) is 197 cm³/mol. The molecule has 0 aliphatic rings. The first kappa shape index (κ1) is 34.3. The number of nitro benzene ring substituents is 1. The van der Waals surface area contributed by atoms with Crippen LogP contribution in [0.2, 0.25) is 0 Å². The summed E-state index contributed by atoms with van der Waals surface area (Å²) in [4.78, 5) is 10.6. The second kappa shape index (κ2) is 17.2. The Morgan fingerprint density at radius 2 is 1.28 bits per heavy atom. The third-order valence-electron chi connectivity index (χ3n) is 6.92. The number of hydrogen-bond acceptors (Lipinski definition) is 7. The predicted octanol–water partition coefficient (Wildman–Crippen LogP) is 4.20. The third-order valence-corrected chi connectivity index (χ3v) is 11.6. The lowest BCUT2D eigenvalue weighted by atomic mass is 10.1. The molecule has 4 aromatic carbocycles. The minimum atomic E-state index is -2.10. The fourth-order valence-corrected chi connectivity index (χ4v) is 8.62. The summed E-state index contributed by atoms with van der Waals surface area (Å²) in [6, 6.07) is 37.7. The summed E-state index contributed by atoms with van der Waals surface area (Å²) in [6.45, 7) is 2.61. The number of non-ortho nitro benzene ring substituents is 1. The van der Waals surface area contributed by atoms with E-state index in [2.05, 4.69) is 104 Å². The molecule has 0 spiro atoms. The van der Waals surface area contributed by atoms with Crippen molar-refractivity contribution in [1.29, 1.82) is 0 Å². The molecule has 0 fully saturated rings. The van der Waals surface area contributed by atoms with Crippen molar-refractivity contribution in [3.05, 3.63) is 131 Å². The zero-order valence-electron chi connectivity index (χ0n) is 25.4. The lowest BCUT2D eigenvalue weighted by Crippen LogP contribution is -2.37. The molecule has 0 heterocycles. The van der Waals surface area contributed by atoms with Crippen molar-refractivity contribution in [2.24, 2.45) is 10.2 Å². The minimum absolute atomic E-state index is 0.0298. The summed E-state index contributed by atoms with van der Waals surface area (Å²) in [5.41, 5.74) is 7.06. The molecule has 0 radical (unpaired) electrons. The number of thiocarbonyl (C=S) groups is 2. The van der Waals surface area contributed by atoms with E-state index in [0.29, 0.717) is 46.7 Å². The number of nitrogens with zero attached hydrogens (tertiary/aromatic N) is 3. The first-order valence-electron chi connectivity index (χ1n) is 14.4. The van der Waals surface area contributed by atoms with Crippen LogP contribution in [-0.2, 0) is 4.74 Å². The van der Waals surface area contributed by atoms with E-state index in [1.165, 1.54) is 28.0 Å². The number of hydrogen-bond donors (Lipinski definition) is 4. The maximum absolute atomic E-state index is 11.1. The number of ether oxygens (including phenoxy) is 1. The molecular formula is C33H35N7O3PS2+. The van der Waals surface area contributed by atoms with E-state index in [0.717, 1.165) is 0 Å². The highest BCUT2D eigenvalue weighted by Gasteiger charge is 2.45. The van der Waals surface area contributed by atoms with Gasteiger partial charge in [0.2, 0.25) is 0 Å². The van der Waals surface area contributed by atoms with Crippen molar-refractivity contribution in [1.82, 2.24) is 21.5 Å². The molecular weight excluding hydrogens is 638 g/mol. The van der Waals surface area contributed by atoms with Gasteiger partial charge < -0.3 is 15.4 Å². The van der Waals surface area contributed by atoms with Gasteiger partial charge in [0.15, 0.2) is 16.6 Å². The molecule has 0 aliphatic heterocycles. The standard InChI is InChI=1S/C33H34N7O3PS2/c1-25(31(37-38-32(45)34-2)26-18-20-27(21-19-26)40(41)42)36-39-33(46)35-22-23-43-24-44(28-12-6-3-7-13-28,29-14-8-4-9-15-29)30-16-10-5-11-17-30/h3-21H,22-24H2,1-2H3,(H3-,34,35,36,37,38,39,45,46)/p+1. The van der Waals surface area contributed by atoms with Crippen LogP contribution < -0.4 is 37.4 Å². The lowest BCUT2D eigenvalue weighted by Gasteiger charge is -2.27. The average Bonchev–Trinajstić information content (AvgIpc) is 3.10. The molecule has 0 saturated carbocycles. The molecule has 236 valence electrons. The van der Waals surface area contributed by atoms with Gasteiger partial charge in [-0.2, -0.15) is 10.2 Å². The van der Waals surface area contributed by atoms with Crippen LogP contribution >= 0.6 is 31.7 Å². The second-order valence-corrected chi connectivity index (χ2v) is 14.1. The normalized spacial score (nSPS) is 11.8. The average molecular weight is 673 g/mol. The second-order valence-electron chi connectivity index (χ2n) is 9.87. The van der Waals surface area contributed by atoms with Crippen LogP contribution in [0.15, 0.2) is 125 Å². The Balaban J connectivity index is 1.41. The van der Waals surface area contributed by atoms with Gasteiger partial charge in [-0.15, -0.1) is 0 Å². The highest BCUT2D eigenvalue weighted by molar-refractivity contribution is 7.95. The zero-order chi connectivity index (χ0) is 32.8. The fraction of sp³-hybridized carbons (Fsp3) is 0.152. The number of hydrazone groups is 2. The number of nitro groups is 1. The SMILES string of the molecule is CNC(=S)N/N=C(/C(C)=N/NC(=S)NCCOC[P+](c1ccccc1)(c1ccccc1)c1ccccc1)c1ccc([N+](=O)[O-])cc1. The van der Waals surface area contributed by atoms with Crippen molar-refractivity contribution in [2.45, 2.75) is 6.92 Å². The van der Waals surface area contributed by atoms with Gasteiger partial charge in [0.05, 0.1) is 17.2 Å². The van der Waals surface area contributed by atoms with E-state index < -0.39 is 12.2 Å². The molecule has 0 bridgehead atoms. The zero-order valence-corrected chi connectivity index (χ0v) is 27.9. The Hall–Kier alpha value is -4.61. The Labute approximate surface area is 279 Å². The molecule has 4 rings (SSSR count). The van der Waals surface area contributed by atoms with Gasteiger partial charge in [0, 0.05) is 31.3 Å². The van der Waals surface area contributed by atoms with Crippen LogP contribution in [-0.4, -0.2) is 53.1 Å². The summed E-state index contributed by atoms with van der Waals surface area (Å²) < 4.78 is 6.40. The first-order valence-corrected chi connectivity index (χ1v) is 17.2. The van der Waals surface area contributed by atoms with Crippen molar-refractivity contribution >= 4 is 74.9 Å². The van der Waals surface area contributed by atoms with Crippen molar-refractivity contribution in [3.63, 3.8) is 0 Å². The summed E-state index contributed by atoms with van der Waals surface area (Å²) in [5.74, 6) is 0. The first-order chi connectivity index (χ1) is 22.3. The molecule has 13 heteroatoms. The van der Waals surface area contributed by atoms with Crippen LogP contribution in [0, 0.1) is 10.1 Å². The molecule has 10 nitrogen and oxygen atoms in total. The topological polar surface area (TPSA) is 125 Å². The molecule has 0 aromatic heterocycles. The van der Waals surface area contributed by atoms with Crippen molar-refractivity contribution in [3.8, 4) is 0 Å². The molecule has 0 atom stereocenters. The maximum atomic E-state index is 11.1. The van der Waals surface area contributed by atoms with Crippen molar-refractivity contribution < 1.29 is 9.66 Å².